The lowest BCUT2D eigenvalue weighted by atomic mass is 9.75. The van der Waals surface area contributed by atoms with Gasteiger partial charge in [-0.25, -0.2) is 8.78 Å². The topological polar surface area (TPSA) is 9.23 Å². The van der Waals surface area contributed by atoms with E-state index in [0.29, 0.717) is 23.7 Å². The second-order valence-electron chi connectivity index (χ2n) is 10.6. The minimum absolute atomic E-state index is 0.0302. The van der Waals surface area contributed by atoms with Gasteiger partial charge in [0.15, 0.2) is 11.6 Å². The molecule has 34 heavy (non-hydrogen) atoms. The SMILES string of the molecule is CCCCCc1ccc(C2CCC(c3ccc(C4CCC(CCC)OC4)c(F)c3F)CC2)cc1. The van der Waals surface area contributed by atoms with Gasteiger partial charge >= 0.3 is 0 Å². The summed E-state index contributed by atoms with van der Waals surface area (Å²) in [5.74, 6) is -0.639. The van der Waals surface area contributed by atoms with Crippen molar-refractivity contribution in [3.63, 3.8) is 0 Å². The highest BCUT2D eigenvalue weighted by Gasteiger charge is 2.30. The van der Waals surface area contributed by atoms with Crippen LogP contribution >= 0.6 is 0 Å². The van der Waals surface area contributed by atoms with Gasteiger partial charge in [0.25, 0.3) is 0 Å². The molecule has 2 aliphatic rings. The summed E-state index contributed by atoms with van der Waals surface area (Å²) in [7, 11) is 0. The summed E-state index contributed by atoms with van der Waals surface area (Å²) in [6.45, 7) is 4.90. The van der Waals surface area contributed by atoms with Crippen LogP contribution in [0.1, 0.15) is 124 Å². The van der Waals surface area contributed by atoms with Crippen molar-refractivity contribution >= 4 is 0 Å². The highest BCUT2D eigenvalue weighted by Crippen LogP contribution is 2.42. The Hall–Kier alpha value is -1.74. The fourth-order valence-electron chi connectivity index (χ4n) is 6.08. The maximum absolute atomic E-state index is 15.2. The maximum atomic E-state index is 15.2. The number of hydrogen-bond acceptors (Lipinski definition) is 1. The van der Waals surface area contributed by atoms with E-state index in [4.69, 9.17) is 4.74 Å². The third kappa shape index (κ3) is 6.08. The molecular weight excluding hydrogens is 426 g/mol. The van der Waals surface area contributed by atoms with Crippen molar-refractivity contribution in [1.82, 2.24) is 0 Å². The quantitative estimate of drug-likeness (QED) is 0.333. The summed E-state index contributed by atoms with van der Waals surface area (Å²) in [5, 5.41) is 0. The molecule has 1 saturated carbocycles. The molecule has 2 aromatic carbocycles. The van der Waals surface area contributed by atoms with Crippen molar-refractivity contribution in [1.29, 1.82) is 0 Å². The Balaban J connectivity index is 1.34. The molecular formula is C31H42F2O. The first-order chi connectivity index (χ1) is 16.6. The van der Waals surface area contributed by atoms with Crippen LogP contribution in [-0.4, -0.2) is 12.7 Å². The Morgan fingerprint density at radius 2 is 1.32 bits per heavy atom. The zero-order chi connectivity index (χ0) is 23.9. The van der Waals surface area contributed by atoms with Crippen molar-refractivity contribution in [2.24, 2.45) is 0 Å². The lowest BCUT2D eigenvalue weighted by Crippen LogP contribution is -2.25. The highest BCUT2D eigenvalue weighted by atomic mass is 19.2. The molecule has 0 N–H and O–H groups in total. The molecule has 2 aromatic rings. The van der Waals surface area contributed by atoms with Crippen LogP contribution in [0, 0.1) is 11.6 Å². The molecule has 186 valence electrons. The summed E-state index contributed by atoms with van der Waals surface area (Å²) in [6, 6.07) is 12.8. The van der Waals surface area contributed by atoms with E-state index >= 15 is 8.78 Å². The Morgan fingerprint density at radius 3 is 1.91 bits per heavy atom. The third-order valence-electron chi connectivity index (χ3n) is 8.25. The molecule has 3 heteroatoms. The van der Waals surface area contributed by atoms with E-state index in [1.54, 1.807) is 0 Å². The van der Waals surface area contributed by atoms with Gasteiger partial charge in [0.2, 0.25) is 0 Å². The van der Waals surface area contributed by atoms with E-state index < -0.39 is 11.6 Å². The van der Waals surface area contributed by atoms with E-state index in [-0.39, 0.29) is 17.9 Å². The molecule has 2 unspecified atom stereocenters. The molecule has 1 aliphatic carbocycles. The average molecular weight is 469 g/mol. The van der Waals surface area contributed by atoms with Crippen LogP contribution in [0.2, 0.25) is 0 Å². The van der Waals surface area contributed by atoms with Crippen molar-refractivity contribution < 1.29 is 13.5 Å². The minimum Gasteiger partial charge on any atom is -0.378 e. The fourth-order valence-corrected chi connectivity index (χ4v) is 6.08. The molecule has 2 atom stereocenters. The number of hydrogen-bond donors (Lipinski definition) is 0. The van der Waals surface area contributed by atoms with Crippen LogP contribution in [0.15, 0.2) is 36.4 Å². The minimum atomic E-state index is -0.638. The van der Waals surface area contributed by atoms with Crippen molar-refractivity contribution in [3.05, 3.63) is 70.3 Å². The van der Waals surface area contributed by atoms with Crippen LogP contribution in [0.4, 0.5) is 8.78 Å². The number of halogens is 2. The zero-order valence-corrected chi connectivity index (χ0v) is 21.1. The molecule has 0 radical (unpaired) electrons. The van der Waals surface area contributed by atoms with Crippen LogP contribution in [0.5, 0.6) is 0 Å². The fraction of sp³-hybridized carbons (Fsp3) is 0.613. The Morgan fingerprint density at radius 1 is 0.706 bits per heavy atom. The van der Waals surface area contributed by atoms with Gasteiger partial charge in [0.05, 0.1) is 12.7 Å². The smallest absolute Gasteiger partial charge is 0.162 e. The normalized spacial score (nSPS) is 25.4. The molecule has 1 saturated heterocycles. The summed E-state index contributed by atoms with van der Waals surface area (Å²) in [6.07, 6.45) is 13.1. The molecule has 1 heterocycles. The molecule has 2 fully saturated rings. The molecule has 1 nitrogen and oxygen atoms in total. The first-order valence-electron chi connectivity index (χ1n) is 13.8. The average Bonchev–Trinajstić information content (AvgIpc) is 2.87. The summed E-state index contributed by atoms with van der Waals surface area (Å²) in [4.78, 5) is 0. The molecule has 0 aromatic heterocycles. The second-order valence-corrected chi connectivity index (χ2v) is 10.6. The summed E-state index contributed by atoms with van der Waals surface area (Å²) in [5.41, 5.74) is 3.90. The monoisotopic (exact) mass is 468 g/mol. The van der Waals surface area contributed by atoms with Gasteiger partial charge < -0.3 is 4.74 Å². The molecule has 0 spiro atoms. The zero-order valence-electron chi connectivity index (χ0n) is 21.1. The Bertz CT molecular complexity index is 890. The largest absolute Gasteiger partial charge is 0.378 e. The maximum Gasteiger partial charge on any atom is 0.162 e. The van der Waals surface area contributed by atoms with Gasteiger partial charge in [-0.15, -0.1) is 0 Å². The summed E-state index contributed by atoms with van der Waals surface area (Å²) < 4.78 is 36.2. The second kappa shape index (κ2) is 12.3. The molecule has 0 amide bonds. The number of benzene rings is 2. The van der Waals surface area contributed by atoms with Crippen molar-refractivity contribution in [2.45, 2.75) is 115 Å². The van der Waals surface area contributed by atoms with E-state index in [2.05, 4.69) is 38.1 Å². The van der Waals surface area contributed by atoms with Crippen LogP contribution < -0.4 is 0 Å². The van der Waals surface area contributed by atoms with Crippen molar-refractivity contribution in [2.75, 3.05) is 6.61 Å². The standard InChI is InChI=1S/C31H42F2O/c1-3-5-6-8-22-9-11-23(12-10-22)24-13-15-25(16-14-24)28-19-20-29(31(33)30(28)32)26-17-18-27(7-4-2)34-21-26/h9-12,19-20,24-27H,3-8,13-18,21H2,1-2H3. The van der Waals surface area contributed by atoms with E-state index in [1.807, 2.05) is 12.1 Å². The van der Waals surface area contributed by atoms with Gasteiger partial charge in [0, 0.05) is 5.92 Å². The van der Waals surface area contributed by atoms with Gasteiger partial charge in [0.1, 0.15) is 0 Å². The van der Waals surface area contributed by atoms with E-state index in [0.717, 1.165) is 57.8 Å². The number of unbranched alkanes of at least 4 members (excludes halogenated alkanes) is 2. The predicted molar refractivity (Wildman–Crippen MR) is 137 cm³/mol. The molecule has 4 rings (SSSR count). The summed E-state index contributed by atoms with van der Waals surface area (Å²) >= 11 is 0. The molecule has 0 bridgehead atoms. The lowest BCUT2D eigenvalue weighted by Gasteiger charge is -2.31. The first-order valence-corrected chi connectivity index (χ1v) is 13.8. The van der Waals surface area contributed by atoms with E-state index in [9.17, 15) is 0 Å². The number of ether oxygens (including phenoxy) is 1. The van der Waals surface area contributed by atoms with Gasteiger partial charge in [-0.2, -0.15) is 0 Å². The number of aryl methyl sites for hydroxylation is 1. The van der Waals surface area contributed by atoms with Gasteiger partial charge in [-0.3, -0.25) is 0 Å². The van der Waals surface area contributed by atoms with Crippen LogP contribution in [0.3, 0.4) is 0 Å². The first kappa shape index (κ1) is 25.4. The molecule has 1 aliphatic heterocycles. The van der Waals surface area contributed by atoms with Crippen LogP contribution in [0.25, 0.3) is 0 Å². The third-order valence-corrected chi connectivity index (χ3v) is 8.25. The van der Waals surface area contributed by atoms with E-state index in [1.165, 1.54) is 30.4 Å². The Kier molecular flexibility index (Phi) is 9.17. The Labute approximate surface area is 205 Å². The highest BCUT2D eigenvalue weighted by molar-refractivity contribution is 5.33. The van der Waals surface area contributed by atoms with Gasteiger partial charge in [-0.05, 0) is 91.9 Å². The van der Waals surface area contributed by atoms with Crippen LogP contribution in [-0.2, 0) is 11.2 Å². The lowest BCUT2D eigenvalue weighted by molar-refractivity contribution is -0.00183. The van der Waals surface area contributed by atoms with Crippen molar-refractivity contribution in [3.8, 4) is 0 Å². The predicted octanol–water partition coefficient (Wildman–Crippen LogP) is 9.20. The van der Waals surface area contributed by atoms with Gasteiger partial charge in [-0.1, -0.05) is 69.5 Å². The number of rotatable bonds is 9.